The lowest BCUT2D eigenvalue weighted by molar-refractivity contribution is -0.117. The molecule has 0 spiro atoms. The Labute approximate surface area is 105 Å². The number of hydrogen-bond acceptors (Lipinski definition) is 3. The molecule has 1 saturated heterocycles. The van der Waals surface area contributed by atoms with Crippen molar-refractivity contribution in [3.63, 3.8) is 0 Å². The van der Waals surface area contributed by atoms with E-state index in [0.29, 0.717) is 13.1 Å². The highest BCUT2D eigenvalue weighted by atomic mass is 16.2. The van der Waals surface area contributed by atoms with Crippen molar-refractivity contribution in [2.45, 2.75) is 6.42 Å². The first-order valence-corrected chi connectivity index (χ1v) is 5.83. The predicted molar refractivity (Wildman–Crippen MR) is 67.6 cm³/mol. The van der Waals surface area contributed by atoms with E-state index in [4.69, 9.17) is 5.84 Å². The third-order valence-corrected chi connectivity index (χ3v) is 2.74. The summed E-state index contributed by atoms with van der Waals surface area (Å²) < 4.78 is 0. The molecule has 0 aromatic heterocycles. The fourth-order valence-electron chi connectivity index (χ4n) is 1.85. The summed E-state index contributed by atoms with van der Waals surface area (Å²) in [6.45, 7) is 1.13. The first-order valence-electron chi connectivity index (χ1n) is 5.83. The zero-order valence-corrected chi connectivity index (χ0v) is 10.0. The minimum absolute atomic E-state index is 0.0292. The number of amides is 3. The van der Waals surface area contributed by atoms with E-state index in [1.165, 1.54) is 4.90 Å². The maximum absolute atomic E-state index is 11.8. The Kier molecular flexibility index (Phi) is 3.78. The summed E-state index contributed by atoms with van der Waals surface area (Å²) in [5.74, 6) is 5.29. The quantitative estimate of drug-likeness (QED) is 0.608. The number of benzene rings is 1. The first-order chi connectivity index (χ1) is 8.66. The Balaban J connectivity index is 1.89. The molecule has 1 aliphatic heterocycles. The topological polar surface area (TPSA) is 78.7 Å². The van der Waals surface area contributed by atoms with Gasteiger partial charge in [0.05, 0.1) is 0 Å². The normalized spacial score (nSPS) is 15.7. The van der Waals surface area contributed by atoms with E-state index in [0.717, 1.165) is 17.1 Å². The van der Waals surface area contributed by atoms with Crippen molar-refractivity contribution >= 4 is 17.6 Å². The number of hydrazine groups is 1. The molecule has 6 heteroatoms. The van der Waals surface area contributed by atoms with Crippen molar-refractivity contribution in [2.75, 3.05) is 25.0 Å². The van der Waals surface area contributed by atoms with Gasteiger partial charge >= 0.3 is 6.03 Å². The average molecular weight is 248 g/mol. The number of carbonyl (C=O) groups is 2. The highest BCUT2D eigenvalue weighted by molar-refractivity contribution is 5.94. The van der Waals surface area contributed by atoms with Crippen molar-refractivity contribution in [1.29, 1.82) is 0 Å². The third-order valence-electron chi connectivity index (χ3n) is 2.74. The molecule has 1 fully saturated rings. The Hall–Kier alpha value is -2.08. The highest BCUT2D eigenvalue weighted by Gasteiger charge is 2.24. The van der Waals surface area contributed by atoms with Gasteiger partial charge in [-0.2, -0.15) is 0 Å². The smallest absolute Gasteiger partial charge is 0.325 e. The second kappa shape index (κ2) is 5.50. The summed E-state index contributed by atoms with van der Waals surface area (Å²) in [6, 6.07) is 8.84. The van der Waals surface area contributed by atoms with Crippen LogP contribution in [-0.2, 0) is 4.79 Å². The van der Waals surface area contributed by atoms with E-state index in [9.17, 15) is 9.59 Å². The number of hydrogen-bond donors (Lipinski definition) is 2. The maximum Gasteiger partial charge on any atom is 0.334 e. The van der Waals surface area contributed by atoms with Gasteiger partial charge in [-0.1, -0.05) is 18.2 Å². The van der Waals surface area contributed by atoms with Crippen LogP contribution >= 0.6 is 0 Å². The molecule has 96 valence electrons. The predicted octanol–water partition coefficient (Wildman–Crippen LogP) is 0.627. The standard InChI is InChI=1S/C12H16N4O2/c13-16-8-4-7-15(12(16)18)9-11(17)14-10-5-2-1-3-6-10/h1-3,5-6H,4,7-9,13H2,(H,14,17). The van der Waals surface area contributed by atoms with Gasteiger partial charge in [-0.05, 0) is 18.6 Å². The van der Waals surface area contributed by atoms with Crippen LogP contribution in [0.2, 0.25) is 0 Å². The van der Waals surface area contributed by atoms with Crippen molar-refractivity contribution in [3.05, 3.63) is 30.3 Å². The van der Waals surface area contributed by atoms with Crippen molar-refractivity contribution < 1.29 is 9.59 Å². The van der Waals surface area contributed by atoms with Crippen LogP contribution in [0.4, 0.5) is 10.5 Å². The van der Waals surface area contributed by atoms with E-state index in [1.54, 1.807) is 12.1 Å². The second-order valence-corrected chi connectivity index (χ2v) is 4.17. The van der Waals surface area contributed by atoms with Gasteiger partial charge in [-0.15, -0.1) is 0 Å². The molecule has 3 amide bonds. The molecule has 0 bridgehead atoms. The molecule has 6 nitrogen and oxygen atoms in total. The zero-order chi connectivity index (χ0) is 13.0. The summed E-state index contributed by atoms with van der Waals surface area (Å²) in [5.41, 5.74) is 0.719. The summed E-state index contributed by atoms with van der Waals surface area (Å²) in [4.78, 5) is 24.9. The molecular weight excluding hydrogens is 232 g/mol. The van der Waals surface area contributed by atoms with E-state index in [1.807, 2.05) is 18.2 Å². The van der Waals surface area contributed by atoms with Gasteiger partial charge in [0.2, 0.25) is 5.91 Å². The second-order valence-electron chi connectivity index (χ2n) is 4.17. The summed E-state index contributed by atoms with van der Waals surface area (Å²) in [7, 11) is 0. The van der Waals surface area contributed by atoms with Crippen LogP contribution in [-0.4, -0.2) is 41.5 Å². The van der Waals surface area contributed by atoms with Gasteiger partial charge < -0.3 is 10.2 Å². The molecule has 1 aliphatic rings. The van der Waals surface area contributed by atoms with Gasteiger partial charge in [0, 0.05) is 18.8 Å². The fraction of sp³-hybridized carbons (Fsp3) is 0.333. The van der Waals surface area contributed by atoms with Gasteiger partial charge in [0.1, 0.15) is 6.54 Å². The minimum atomic E-state index is -0.301. The van der Waals surface area contributed by atoms with Gasteiger partial charge in [0.25, 0.3) is 0 Å². The molecule has 1 aromatic rings. The Bertz CT molecular complexity index is 435. The average Bonchev–Trinajstić information content (AvgIpc) is 2.36. The molecule has 0 saturated carbocycles. The van der Waals surface area contributed by atoms with Gasteiger partial charge in [-0.25, -0.2) is 10.6 Å². The summed E-state index contributed by atoms with van der Waals surface area (Å²) in [5, 5.41) is 3.87. The Morgan fingerprint density at radius 1 is 1.28 bits per heavy atom. The zero-order valence-electron chi connectivity index (χ0n) is 10.0. The Morgan fingerprint density at radius 2 is 2.00 bits per heavy atom. The van der Waals surface area contributed by atoms with Crippen molar-refractivity contribution in [2.24, 2.45) is 5.84 Å². The SMILES string of the molecule is NN1CCCN(CC(=O)Nc2ccccc2)C1=O. The van der Waals surface area contributed by atoms with Crippen LogP contribution in [0.1, 0.15) is 6.42 Å². The molecule has 0 radical (unpaired) electrons. The number of nitrogens with two attached hydrogens (primary N) is 1. The monoisotopic (exact) mass is 248 g/mol. The molecule has 0 aliphatic carbocycles. The van der Waals surface area contributed by atoms with Gasteiger partial charge in [0.15, 0.2) is 0 Å². The highest BCUT2D eigenvalue weighted by Crippen LogP contribution is 2.07. The van der Waals surface area contributed by atoms with E-state index in [-0.39, 0.29) is 18.5 Å². The van der Waals surface area contributed by atoms with E-state index in [2.05, 4.69) is 5.32 Å². The number of carbonyl (C=O) groups excluding carboxylic acids is 2. The lowest BCUT2D eigenvalue weighted by Gasteiger charge is -2.32. The largest absolute Gasteiger partial charge is 0.334 e. The minimum Gasteiger partial charge on any atom is -0.325 e. The van der Waals surface area contributed by atoms with Crippen LogP contribution in [0.3, 0.4) is 0 Å². The van der Waals surface area contributed by atoms with Crippen LogP contribution in [0.15, 0.2) is 30.3 Å². The van der Waals surface area contributed by atoms with Crippen molar-refractivity contribution in [3.8, 4) is 0 Å². The summed E-state index contributed by atoms with van der Waals surface area (Å²) in [6.07, 6.45) is 0.779. The fourth-order valence-corrected chi connectivity index (χ4v) is 1.85. The maximum atomic E-state index is 11.8. The number of nitrogens with one attached hydrogen (secondary N) is 1. The van der Waals surface area contributed by atoms with Crippen molar-refractivity contribution in [1.82, 2.24) is 9.91 Å². The molecule has 1 heterocycles. The molecule has 0 atom stereocenters. The van der Waals surface area contributed by atoms with Crippen LogP contribution in [0, 0.1) is 0 Å². The molecule has 18 heavy (non-hydrogen) atoms. The summed E-state index contributed by atoms with van der Waals surface area (Å²) >= 11 is 0. The van der Waals surface area contributed by atoms with E-state index < -0.39 is 0 Å². The van der Waals surface area contributed by atoms with Gasteiger partial charge in [-0.3, -0.25) is 9.80 Å². The van der Waals surface area contributed by atoms with Crippen LogP contribution in [0.25, 0.3) is 0 Å². The van der Waals surface area contributed by atoms with E-state index >= 15 is 0 Å². The first kappa shape index (κ1) is 12.4. The molecule has 0 unspecified atom stereocenters. The number of urea groups is 1. The molecule has 3 N–H and O–H groups in total. The molecule has 1 aromatic carbocycles. The van der Waals surface area contributed by atoms with Crippen LogP contribution < -0.4 is 11.2 Å². The lowest BCUT2D eigenvalue weighted by atomic mass is 10.3. The number of para-hydroxylation sites is 1. The lowest BCUT2D eigenvalue weighted by Crippen LogP contribution is -2.54. The number of rotatable bonds is 3. The Morgan fingerprint density at radius 3 is 2.72 bits per heavy atom. The number of anilines is 1. The third kappa shape index (κ3) is 2.98. The van der Waals surface area contributed by atoms with Crippen LogP contribution in [0.5, 0.6) is 0 Å². The molecular formula is C12H16N4O2. The molecule has 2 rings (SSSR count). The number of nitrogens with zero attached hydrogens (tertiary/aromatic N) is 2.